The molecule has 6 heteroatoms. The Kier molecular flexibility index (Phi) is 2.94. The molecule has 2 aromatic heterocycles. The first-order chi connectivity index (χ1) is 9.63. The molecule has 0 radical (unpaired) electrons. The number of thiophene rings is 1. The van der Waals surface area contributed by atoms with Gasteiger partial charge in [-0.05, 0) is 24.3 Å². The van der Waals surface area contributed by atoms with Gasteiger partial charge in [-0.1, -0.05) is 0 Å². The highest BCUT2D eigenvalue weighted by molar-refractivity contribution is 7.21. The number of rotatable bonds is 2. The van der Waals surface area contributed by atoms with Gasteiger partial charge in [-0.25, -0.2) is 9.78 Å². The van der Waals surface area contributed by atoms with Crippen LogP contribution in [0.25, 0.3) is 21.1 Å². The van der Waals surface area contributed by atoms with E-state index in [0.29, 0.717) is 10.6 Å². The Morgan fingerprint density at radius 1 is 1.30 bits per heavy atom. The molecule has 1 aromatic carbocycles. The van der Waals surface area contributed by atoms with Gasteiger partial charge in [-0.2, -0.15) is 0 Å². The summed E-state index contributed by atoms with van der Waals surface area (Å²) < 4.78 is 9.92. The molecule has 5 nitrogen and oxygen atoms in total. The maximum Gasteiger partial charge on any atom is 0.350 e. The Balaban J connectivity index is 2.29. The van der Waals surface area contributed by atoms with Gasteiger partial charge in [0, 0.05) is 10.8 Å². The van der Waals surface area contributed by atoms with Gasteiger partial charge < -0.3 is 15.2 Å². The molecule has 0 saturated heterocycles. The lowest BCUT2D eigenvalue weighted by Gasteiger charge is -2.02. The maximum absolute atomic E-state index is 11.7. The summed E-state index contributed by atoms with van der Waals surface area (Å²) >= 11 is 1.24. The average Bonchev–Trinajstić information content (AvgIpc) is 2.80. The van der Waals surface area contributed by atoms with Crippen molar-refractivity contribution < 1.29 is 14.3 Å². The van der Waals surface area contributed by atoms with Crippen LogP contribution in [0, 0.1) is 0 Å². The first kappa shape index (κ1) is 12.7. The Morgan fingerprint density at radius 3 is 2.80 bits per heavy atom. The van der Waals surface area contributed by atoms with Crippen LogP contribution < -0.4 is 10.5 Å². The summed E-state index contributed by atoms with van der Waals surface area (Å²) in [4.78, 5) is 17.3. The molecule has 0 fully saturated rings. The molecule has 0 aliphatic rings. The molecule has 0 aliphatic heterocycles. The highest BCUT2D eigenvalue weighted by Gasteiger charge is 2.18. The Morgan fingerprint density at radius 2 is 2.10 bits per heavy atom. The molecular weight excluding hydrogens is 276 g/mol. The van der Waals surface area contributed by atoms with E-state index < -0.39 is 5.97 Å². The molecule has 0 bridgehead atoms. The van der Waals surface area contributed by atoms with Gasteiger partial charge in [-0.3, -0.25) is 0 Å². The summed E-state index contributed by atoms with van der Waals surface area (Å²) in [5.41, 5.74) is 7.26. The van der Waals surface area contributed by atoms with Crippen molar-refractivity contribution in [3.8, 4) is 5.75 Å². The third-order valence-electron chi connectivity index (χ3n) is 3.09. The molecule has 20 heavy (non-hydrogen) atoms. The number of hydrogen-bond donors (Lipinski definition) is 1. The van der Waals surface area contributed by atoms with Crippen LogP contribution in [0.3, 0.4) is 0 Å². The van der Waals surface area contributed by atoms with Gasteiger partial charge in [0.05, 0.1) is 25.4 Å². The van der Waals surface area contributed by atoms with Crippen molar-refractivity contribution in [1.82, 2.24) is 4.98 Å². The van der Waals surface area contributed by atoms with E-state index in [1.54, 1.807) is 7.11 Å². The number of esters is 1. The number of hydrogen-bond acceptors (Lipinski definition) is 6. The van der Waals surface area contributed by atoms with Gasteiger partial charge in [0.15, 0.2) is 0 Å². The van der Waals surface area contributed by atoms with Crippen LogP contribution in [-0.2, 0) is 4.74 Å². The number of aromatic nitrogens is 1. The third-order valence-corrected chi connectivity index (χ3v) is 4.19. The van der Waals surface area contributed by atoms with Gasteiger partial charge in [0.25, 0.3) is 0 Å². The highest BCUT2D eigenvalue weighted by atomic mass is 32.1. The van der Waals surface area contributed by atoms with Crippen molar-refractivity contribution in [1.29, 1.82) is 0 Å². The lowest BCUT2D eigenvalue weighted by atomic mass is 10.1. The van der Waals surface area contributed by atoms with Crippen molar-refractivity contribution in [3.63, 3.8) is 0 Å². The largest absolute Gasteiger partial charge is 0.497 e. The van der Waals surface area contributed by atoms with Gasteiger partial charge in [0.2, 0.25) is 0 Å². The number of benzene rings is 1. The van der Waals surface area contributed by atoms with Gasteiger partial charge in [0.1, 0.15) is 15.5 Å². The predicted molar refractivity (Wildman–Crippen MR) is 79.4 cm³/mol. The second kappa shape index (κ2) is 4.64. The number of anilines is 1. The zero-order valence-corrected chi connectivity index (χ0v) is 11.8. The fraction of sp³-hybridized carbons (Fsp3) is 0.143. The molecule has 0 spiro atoms. The maximum atomic E-state index is 11.7. The molecule has 0 unspecified atom stereocenters. The Labute approximate surface area is 118 Å². The van der Waals surface area contributed by atoms with Crippen molar-refractivity contribution >= 4 is 44.1 Å². The van der Waals surface area contributed by atoms with Crippen LogP contribution in [0.2, 0.25) is 0 Å². The van der Waals surface area contributed by atoms with E-state index in [2.05, 4.69) is 4.98 Å². The normalized spacial score (nSPS) is 10.9. The van der Waals surface area contributed by atoms with Crippen molar-refractivity contribution in [2.75, 3.05) is 20.0 Å². The molecule has 0 amide bonds. The first-order valence-electron chi connectivity index (χ1n) is 5.89. The van der Waals surface area contributed by atoms with E-state index in [4.69, 9.17) is 15.2 Å². The van der Waals surface area contributed by atoms with Crippen molar-refractivity contribution in [3.05, 3.63) is 29.1 Å². The Hall–Kier alpha value is -2.34. The lowest BCUT2D eigenvalue weighted by molar-refractivity contribution is 0.0607. The minimum atomic E-state index is -0.438. The number of fused-ring (bicyclic) bond motifs is 2. The van der Waals surface area contributed by atoms with E-state index in [-0.39, 0.29) is 0 Å². The summed E-state index contributed by atoms with van der Waals surface area (Å²) in [6.45, 7) is 0. The lowest BCUT2D eigenvalue weighted by Crippen LogP contribution is -2.01. The number of ether oxygens (including phenoxy) is 2. The number of nitrogen functional groups attached to an aromatic ring is 1. The molecule has 2 N–H and O–H groups in total. The predicted octanol–water partition coefficient (Wildman–Crippen LogP) is 2.83. The zero-order valence-electron chi connectivity index (χ0n) is 11.0. The monoisotopic (exact) mass is 288 g/mol. The molecule has 0 atom stereocenters. The van der Waals surface area contributed by atoms with Crippen LogP contribution in [0.1, 0.15) is 9.67 Å². The molecule has 0 aliphatic carbocycles. The third kappa shape index (κ3) is 1.85. The number of carbonyl (C=O) groups excluding carboxylic acids is 1. The molecule has 102 valence electrons. The number of nitrogens with zero attached hydrogens (tertiary/aromatic N) is 1. The first-order valence-corrected chi connectivity index (χ1v) is 6.70. The summed E-state index contributed by atoms with van der Waals surface area (Å²) in [5, 5.41) is 1.67. The van der Waals surface area contributed by atoms with Crippen molar-refractivity contribution in [2.24, 2.45) is 0 Å². The number of methoxy groups -OCH3 is 2. The minimum absolute atomic E-state index is 0.386. The van der Waals surface area contributed by atoms with E-state index in [1.165, 1.54) is 18.4 Å². The molecule has 0 saturated carbocycles. The topological polar surface area (TPSA) is 74.4 Å². The van der Waals surface area contributed by atoms with Crippen LogP contribution in [0.5, 0.6) is 5.75 Å². The second-order valence-corrected chi connectivity index (χ2v) is 5.24. The van der Waals surface area contributed by atoms with Crippen LogP contribution in [0.4, 0.5) is 5.69 Å². The molecular formula is C14H12N2O3S. The summed E-state index contributed by atoms with van der Waals surface area (Å²) in [5.74, 6) is 0.313. The summed E-state index contributed by atoms with van der Waals surface area (Å²) in [6.07, 6.45) is 0. The van der Waals surface area contributed by atoms with Gasteiger partial charge >= 0.3 is 5.97 Å². The standard InChI is InChI=1S/C14H12N2O3S/c1-18-8-3-4-10-7(5-8)6-9-11(15)12(14(17)19-2)20-13(9)16-10/h3-6H,15H2,1-2H3. The summed E-state index contributed by atoms with van der Waals surface area (Å²) in [6, 6.07) is 7.52. The summed E-state index contributed by atoms with van der Waals surface area (Å²) in [7, 11) is 2.95. The van der Waals surface area contributed by atoms with Crippen LogP contribution >= 0.6 is 11.3 Å². The Bertz CT molecular complexity index is 826. The number of carbonyl (C=O) groups is 1. The molecule has 2 heterocycles. The molecule has 3 rings (SSSR count). The van der Waals surface area contributed by atoms with Crippen LogP contribution in [0.15, 0.2) is 24.3 Å². The fourth-order valence-electron chi connectivity index (χ4n) is 2.05. The highest BCUT2D eigenvalue weighted by Crippen LogP contribution is 2.35. The fourth-order valence-corrected chi connectivity index (χ4v) is 3.06. The van der Waals surface area contributed by atoms with Gasteiger partial charge in [-0.15, -0.1) is 11.3 Å². The average molecular weight is 288 g/mol. The van der Waals surface area contributed by atoms with E-state index in [0.717, 1.165) is 26.9 Å². The minimum Gasteiger partial charge on any atom is -0.497 e. The second-order valence-electron chi connectivity index (χ2n) is 4.24. The number of pyridine rings is 1. The van der Waals surface area contributed by atoms with E-state index >= 15 is 0 Å². The zero-order chi connectivity index (χ0) is 14.3. The van der Waals surface area contributed by atoms with E-state index in [9.17, 15) is 4.79 Å². The van der Waals surface area contributed by atoms with Crippen LogP contribution in [-0.4, -0.2) is 25.2 Å². The SMILES string of the molecule is COC(=O)c1sc2nc3ccc(OC)cc3cc2c1N. The quantitative estimate of drug-likeness (QED) is 0.734. The smallest absolute Gasteiger partial charge is 0.350 e. The van der Waals surface area contributed by atoms with E-state index in [1.807, 2.05) is 24.3 Å². The van der Waals surface area contributed by atoms with Crippen molar-refractivity contribution in [2.45, 2.75) is 0 Å². The molecule has 3 aromatic rings. The number of nitrogens with two attached hydrogens (primary N) is 1.